The van der Waals surface area contributed by atoms with E-state index in [4.69, 9.17) is 10.5 Å². The Morgan fingerprint density at radius 1 is 0.952 bits per heavy atom. The molecule has 0 aromatic heterocycles. The second kappa shape index (κ2) is 14.5. The number of primary amides is 1. The van der Waals surface area contributed by atoms with Gasteiger partial charge in [0, 0.05) is 18.7 Å². The Morgan fingerprint density at radius 3 is 2.31 bits per heavy atom. The number of fused-ring (bicyclic) bond motifs is 1. The standard InChI is InChI=1S/C33H42N4O5/c1-6-7-19-37(31(40)27(17-18-28(34)38)36-32(41)42-33(3,4)5)29(25-14-10-11-22(2)20-25)30(39)35-26-16-15-23-12-8-9-13-24(23)21-26/h8-16,20-21,27,29H,6-7,17-19H2,1-5H3,(H2,34,38)(H,35,39)(H,36,41). The summed E-state index contributed by atoms with van der Waals surface area (Å²) in [5, 5.41) is 7.63. The highest BCUT2D eigenvalue weighted by molar-refractivity contribution is 6.00. The Hall–Kier alpha value is -4.40. The molecule has 3 aromatic carbocycles. The number of unbranched alkanes of at least 4 members (excludes halogenated alkanes) is 1. The fourth-order valence-corrected chi connectivity index (χ4v) is 4.68. The van der Waals surface area contributed by atoms with Gasteiger partial charge >= 0.3 is 6.09 Å². The maximum atomic E-state index is 14.2. The zero-order chi connectivity index (χ0) is 30.9. The van der Waals surface area contributed by atoms with Crippen molar-refractivity contribution in [3.63, 3.8) is 0 Å². The lowest BCUT2D eigenvalue weighted by Gasteiger charge is -2.34. The highest BCUT2D eigenvalue weighted by Gasteiger charge is 2.36. The van der Waals surface area contributed by atoms with Crippen molar-refractivity contribution < 1.29 is 23.9 Å². The van der Waals surface area contributed by atoms with Crippen molar-refractivity contribution >= 4 is 40.3 Å². The lowest BCUT2D eigenvalue weighted by atomic mass is 9.99. The minimum Gasteiger partial charge on any atom is -0.444 e. The van der Waals surface area contributed by atoms with Crippen LogP contribution in [0.1, 0.15) is 70.5 Å². The largest absolute Gasteiger partial charge is 0.444 e. The third kappa shape index (κ3) is 9.33. The molecule has 3 aromatic rings. The summed E-state index contributed by atoms with van der Waals surface area (Å²) in [7, 11) is 0. The second-order valence-electron chi connectivity index (χ2n) is 11.5. The number of nitrogens with one attached hydrogen (secondary N) is 2. The average Bonchev–Trinajstić information content (AvgIpc) is 2.91. The molecular weight excluding hydrogens is 532 g/mol. The van der Waals surface area contributed by atoms with Crippen LogP contribution in [0, 0.1) is 6.92 Å². The van der Waals surface area contributed by atoms with E-state index in [1.54, 1.807) is 20.8 Å². The third-order valence-corrected chi connectivity index (χ3v) is 6.64. The molecular formula is C33H42N4O5. The van der Waals surface area contributed by atoms with E-state index in [-0.39, 0.29) is 19.4 Å². The summed E-state index contributed by atoms with van der Waals surface area (Å²) in [6, 6.07) is 18.8. The molecule has 224 valence electrons. The molecule has 0 aliphatic heterocycles. The molecule has 0 radical (unpaired) electrons. The monoisotopic (exact) mass is 574 g/mol. The van der Waals surface area contributed by atoms with Gasteiger partial charge in [-0.3, -0.25) is 14.4 Å². The number of hydrogen-bond donors (Lipinski definition) is 3. The number of alkyl carbamates (subject to hydrolysis) is 1. The minimum absolute atomic E-state index is 0.0388. The van der Waals surface area contributed by atoms with Crippen LogP contribution < -0.4 is 16.4 Å². The van der Waals surface area contributed by atoms with Gasteiger partial charge in [-0.1, -0.05) is 73.5 Å². The second-order valence-corrected chi connectivity index (χ2v) is 11.5. The number of amides is 4. The number of carbonyl (C=O) groups is 4. The number of aryl methyl sites for hydroxylation is 1. The molecule has 42 heavy (non-hydrogen) atoms. The first-order valence-electron chi connectivity index (χ1n) is 14.3. The first-order valence-corrected chi connectivity index (χ1v) is 14.3. The van der Waals surface area contributed by atoms with Gasteiger partial charge in [0.15, 0.2) is 0 Å². The number of rotatable bonds is 12. The van der Waals surface area contributed by atoms with Crippen LogP contribution in [-0.4, -0.2) is 46.9 Å². The van der Waals surface area contributed by atoms with E-state index in [1.165, 1.54) is 4.90 Å². The van der Waals surface area contributed by atoms with Gasteiger partial charge < -0.3 is 26.0 Å². The van der Waals surface area contributed by atoms with E-state index in [0.717, 1.165) is 22.8 Å². The lowest BCUT2D eigenvalue weighted by Crippen LogP contribution is -2.52. The van der Waals surface area contributed by atoms with Crippen molar-refractivity contribution in [2.75, 3.05) is 11.9 Å². The summed E-state index contributed by atoms with van der Waals surface area (Å²) in [5.74, 6) is -1.51. The van der Waals surface area contributed by atoms with Gasteiger partial charge in [0.1, 0.15) is 17.7 Å². The van der Waals surface area contributed by atoms with Crippen LogP contribution in [0.5, 0.6) is 0 Å². The topological polar surface area (TPSA) is 131 Å². The Kier molecular flexibility index (Phi) is 11.1. The highest BCUT2D eigenvalue weighted by atomic mass is 16.6. The first kappa shape index (κ1) is 32.1. The van der Waals surface area contributed by atoms with Crippen molar-refractivity contribution in [2.24, 2.45) is 5.73 Å². The highest BCUT2D eigenvalue weighted by Crippen LogP contribution is 2.27. The van der Waals surface area contributed by atoms with Crippen LogP contribution >= 0.6 is 0 Å². The number of carbonyl (C=O) groups excluding carboxylic acids is 4. The van der Waals surface area contributed by atoms with Gasteiger partial charge in [-0.25, -0.2) is 4.79 Å². The van der Waals surface area contributed by atoms with Gasteiger partial charge in [-0.2, -0.15) is 0 Å². The Bertz CT molecular complexity index is 1410. The van der Waals surface area contributed by atoms with E-state index in [2.05, 4.69) is 10.6 Å². The summed E-state index contributed by atoms with van der Waals surface area (Å²) in [5.41, 5.74) is 6.75. The number of nitrogens with zero attached hydrogens (tertiary/aromatic N) is 1. The molecule has 3 rings (SSSR count). The summed E-state index contributed by atoms with van der Waals surface area (Å²) in [6.07, 6.45) is 0.414. The zero-order valence-corrected chi connectivity index (χ0v) is 25.1. The normalized spacial score (nSPS) is 12.7. The molecule has 9 nitrogen and oxygen atoms in total. The fraction of sp³-hybridized carbons (Fsp3) is 0.394. The number of hydrogen-bond acceptors (Lipinski definition) is 5. The zero-order valence-electron chi connectivity index (χ0n) is 25.1. The molecule has 2 atom stereocenters. The number of anilines is 1. The average molecular weight is 575 g/mol. The van der Waals surface area contributed by atoms with Crippen LogP contribution in [0.3, 0.4) is 0 Å². The summed E-state index contributed by atoms with van der Waals surface area (Å²) in [6.45, 7) is 9.30. The van der Waals surface area contributed by atoms with Crippen LogP contribution in [-0.2, 0) is 19.1 Å². The Morgan fingerprint density at radius 2 is 1.67 bits per heavy atom. The molecule has 0 spiro atoms. The Labute approximate surface area is 247 Å². The quantitative estimate of drug-likeness (QED) is 0.259. The SMILES string of the molecule is CCCCN(C(=O)C(CCC(N)=O)NC(=O)OC(C)(C)C)C(C(=O)Nc1ccc2ccccc2c1)c1cccc(C)c1. The predicted octanol–water partition coefficient (Wildman–Crippen LogP) is 5.62. The van der Waals surface area contributed by atoms with E-state index >= 15 is 0 Å². The smallest absolute Gasteiger partial charge is 0.408 e. The molecule has 0 heterocycles. The number of benzene rings is 3. The van der Waals surface area contributed by atoms with Crippen molar-refractivity contribution in [3.05, 3.63) is 77.9 Å². The fourth-order valence-electron chi connectivity index (χ4n) is 4.68. The van der Waals surface area contributed by atoms with Crippen LogP contribution in [0.2, 0.25) is 0 Å². The minimum atomic E-state index is -1.13. The Balaban J connectivity index is 2.02. The molecule has 9 heteroatoms. The van der Waals surface area contributed by atoms with Crippen LogP contribution in [0.4, 0.5) is 10.5 Å². The molecule has 4 N–H and O–H groups in total. The van der Waals surface area contributed by atoms with E-state index < -0.39 is 41.5 Å². The predicted molar refractivity (Wildman–Crippen MR) is 165 cm³/mol. The third-order valence-electron chi connectivity index (χ3n) is 6.64. The number of nitrogens with two attached hydrogens (primary N) is 1. The number of ether oxygens (including phenoxy) is 1. The summed E-state index contributed by atoms with van der Waals surface area (Å²) >= 11 is 0. The molecule has 0 fully saturated rings. The molecule has 2 unspecified atom stereocenters. The van der Waals surface area contributed by atoms with Gasteiger partial charge in [-0.05, 0) is 69.0 Å². The lowest BCUT2D eigenvalue weighted by molar-refractivity contribution is -0.141. The van der Waals surface area contributed by atoms with Crippen LogP contribution in [0.25, 0.3) is 10.8 Å². The summed E-state index contributed by atoms with van der Waals surface area (Å²) in [4.78, 5) is 54.2. The van der Waals surface area contributed by atoms with E-state index in [0.29, 0.717) is 17.7 Å². The van der Waals surface area contributed by atoms with E-state index in [9.17, 15) is 19.2 Å². The van der Waals surface area contributed by atoms with Crippen LogP contribution in [0.15, 0.2) is 66.7 Å². The van der Waals surface area contributed by atoms with Gasteiger partial charge in [-0.15, -0.1) is 0 Å². The van der Waals surface area contributed by atoms with Gasteiger partial charge in [0.2, 0.25) is 11.8 Å². The molecule has 4 amide bonds. The maximum absolute atomic E-state index is 14.2. The first-order chi connectivity index (χ1) is 19.9. The van der Waals surface area contributed by atoms with Crippen molar-refractivity contribution in [3.8, 4) is 0 Å². The molecule has 0 bridgehead atoms. The molecule has 0 aliphatic rings. The maximum Gasteiger partial charge on any atom is 0.408 e. The van der Waals surface area contributed by atoms with Crippen molar-refractivity contribution in [2.45, 2.75) is 78.0 Å². The molecule has 0 aliphatic carbocycles. The molecule has 0 saturated heterocycles. The summed E-state index contributed by atoms with van der Waals surface area (Å²) < 4.78 is 5.39. The van der Waals surface area contributed by atoms with Crippen molar-refractivity contribution in [1.29, 1.82) is 0 Å². The molecule has 0 saturated carbocycles. The van der Waals surface area contributed by atoms with Crippen molar-refractivity contribution in [1.82, 2.24) is 10.2 Å². The van der Waals surface area contributed by atoms with E-state index in [1.807, 2.05) is 80.6 Å². The van der Waals surface area contributed by atoms with Gasteiger partial charge in [0.25, 0.3) is 5.91 Å². The van der Waals surface area contributed by atoms with Gasteiger partial charge in [0.05, 0.1) is 0 Å².